The minimum absolute atomic E-state index is 0.166. The average molecular weight is 429 g/mol. The zero-order chi connectivity index (χ0) is 22.1. The molecule has 0 rings (SSSR count). The number of aliphatic hydroxyl groups is 1. The SMILES string of the molecule is CCCCCCCCCCCCCC(=O)OC(CO)COCCCCCCCCC. The topological polar surface area (TPSA) is 55.8 Å². The third kappa shape index (κ3) is 22.1. The van der Waals surface area contributed by atoms with Gasteiger partial charge in [0.15, 0.2) is 0 Å². The second kappa shape index (κ2) is 24.7. The molecule has 1 atom stereocenters. The molecule has 0 heterocycles. The van der Waals surface area contributed by atoms with Crippen molar-refractivity contribution in [3.05, 3.63) is 0 Å². The first-order valence-electron chi connectivity index (χ1n) is 13.1. The normalized spacial score (nSPS) is 12.2. The zero-order valence-electron chi connectivity index (χ0n) is 20.3. The van der Waals surface area contributed by atoms with Crippen LogP contribution in [0.1, 0.15) is 136 Å². The van der Waals surface area contributed by atoms with Gasteiger partial charge in [-0.2, -0.15) is 0 Å². The van der Waals surface area contributed by atoms with Crippen LogP contribution in [0.25, 0.3) is 0 Å². The molecule has 180 valence electrons. The van der Waals surface area contributed by atoms with Gasteiger partial charge in [0.25, 0.3) is 0 Å². The first kappa shape index (κ1) is 29.4. The molecule has 0 radical (unpaired) electrons. The summed E-state index contributed by atoms with van der Waals surface area (Å²) in [5, 5.41) is 9.40. The fraction of sp³-hybridized carbons (Fsp3) is 0.962. The molecule has 0 aromatic rings. The van der Waals surface area contributed by atoms with E-state index in [1.165, 1.54) is 96.3 Å². The third-order valence-corrected chi connectivity index (χ3v) is 5.68. The lowest BCUT2D eigenvalue weighted by Crippen LogP contribution is -2.27. The van der Waals surface area contributed by atoms with Gasteiger partial charge in [0.2, 0.25) is 0 Å². The van der Waals surface area contributed by atoms with Crippen LogP contribution < -0.4 is 0 Å². The Morgan fingerprint density at radius 2 is 1.10 bits per heavy atom. The van der Waals surface area contributed by atoms with E-state index in [9.17, 15) is 9.90 Å². The zero-order valence-corrected chi connectivity index (χ0v) is 20.3. The highest BCUT2D eigenvalue weighted by atomic mass is 16.6. The molecule has 0 aliphatic heterocycles. The number of rotatable bonds is 24. The summed E-state index contributed by atoms with van der Waals surface area (Å²) in [5.74, 6) is -0.204. The summed E-state index contributed by atoms with van der Waals surface area (Å²) in [4.78, 5) is 11.9. The van der Waals surface area contributed by atoms with E-state index in [-0.39, 0.29) is 12.6 Å². The molecular weight excluding hydrogens is 376 g/mol. The van der Waals surface area contributed by atoms with Gasteiger partial charge in [0.05, 0.1) is 13.2 Å². The van der Waals surface area contributed by atoms with E-state index in [0.29, 0.717) is 19.6 Å². The lowest BCUT2D eigenvalue weighted by atomic mass is 10.1. The van der Waals surface area contributed by atoms with Crippen LogP contribution in [0.4, 0.5) is 0 Å². The van der Waals surface area contributed by atoms with Crippen LogP contribution in [-0.4, -0.2) is 37.0 Å². The monoisotopic (exact) mass is 428 g/mol. The molecule has 0 fully saturated rings. The van der Waals surface area contributed by atoms with Crippen molar-refractivity contribution in [2.24, 2.45) is 0 Å². The second-order valence-electron chi connectivity index (χ2n) is 8.78. The lowest BCUT2D eigenvalue weighted by Gasteiger charge is -2.15. The first-order chi connectivity index (χ1) is 14.7. The number of carbonyl (C=O) groups is 1. The molecule has 0 aliphatic carbocycles. The Morgan fingerprint density at radius 3 is 1.57 bits per heavy atom. The van der Waals surface area contributed by atoms with Crippen molar-refractivity contribution in [2.75, 3.05) is 19.8 Å². The summed E-state index contributed by atoms with van der Waals surface area (Å²) < 4.78 is 10.9. The summed E-state index contributed by atoms with van der Waals surface area (Å²) in [6.07, 6.45) is 22.6. The number of hydrogen-bond acceptors (Lipinski definition) is 4. The summed E-state index contributed by atoms with van der Waals surface area (Å²) in [5.41, 5.74) is 0. The molecule has 0 spiro atoms. The van der Waals surface area contributed by atoms with E-state index in [0.717, 1.165) is 19.3 Å². The molecule has 0 saturated heterocycles. The molecule has 4 nitrogen and oxygen atoms in total. The van der Waals surface area contributed by atoms with E-state index in [1.807, 2.05) is 0 Å². The number of esters is 1. The number of unbranched alkanes of at least 4 members (excludes halogenated alkanes) is 16. The molecule has 0 amide bonds. The lowest BCUT2D eigenvalue weighted by molar-refractivity contribution is -0.154. The highest BCUT2D eigenvalue weighted by molar-refractivity contribution is 5.69. The molecule has 1 unspecified atom stereocenters. The molecule has 0 bridgehead atoms. The standard InChI is InChI=1S/C26H52O4/c1-3-5-7-9-11-12-13-14-15-17-19-21-26(28)30-25(23-27)24-29-22-20-18-16-10-8-6-4-2/h25,27H,3-24H2,1-2H3. The van der Waals surface area contributed by atoms with Gasteiger partial charge >= 0.3 is 5.97 Å². The Labute approximate surface area is 187 Å². The molecule has 0 aromatic heterocycles. The van der Waals surface area contributed by atoms with Crippen LogP contribution in [0.15, 0.2) is 0 Å². The van der Waals surface area contributed by atoms with Crippen molar-refractivity contribution in [3.63, 3.8) is 0 Å². The smallest absolute Gasteiger partial charge is 0.306 e. The number of ether oxygens (including phenoxy) is 2. The van der Waals surface area contributed by atoms with Crippen molar-refractivity contribution in [1.29, 1.82) is 0 Å². The first-order valence-corrected chi connectivity index (χ1v) is 13.1. The predicted octanol–water partition coefficient (Wildman–Crippen LogP) is 7.36. The van der Waals surface area contributed by atoms with Gasteiger partial charge in [-0.25, -0.2) is 0 Å². The Morgan fingerprint density at radius 1 is 0.667 bits per heavy atom. The quantitative estimate of drug-likeness (QED) is 0.129. The number of hydrogen-bond donors (Lipinski definition) is 1. The third-order valence-electron chi connectivity index (χ3n) is 5.68. The van der Waals surface area contributed by atoms with E-state index < -0.39 is 6.10 Å². The van der Waals surface area contributed by atoms with E-state index in [4.69, 9.17) is 9.47 Å². The molecular formula is C26H52O4. The van der Waals surface area contributed by atoms with E-state index in [1.54, 1.807) is 0 Å². The molecule has 4 heteroatoms. The van der Waals surface area contributed by atoms with Crippen molar-refractivity contribution in [1.82, 2.24) is 0 Å². The summed E-state index contributed by atoms with van der Waals surface area (Å²) in [6, 6.07) is 0. The van der Waals surface area contributed by atoms with Crippen molar-refractivity contribution in [2.45, 2.75) is 142 Å². The van der Waals surface area contributed by atoms with E-state index in [2.05, 4.69) is 13.8 Å². The Balaban J connectivity index is 3.45. The minimum atomic E-state index is -0.519. The van der Waals surface area contributed by atoms with E-state index >= 15 is 0 Å². The Kier molecular flexibility index (Phi) is 24.2. The summed E-state index contributed by atoms with van der Waals surface area (Å²) in [6.45, 7) is 5.31. The predicted molar refractivity (Wildman–Crippen MR) is 127 cm³/mol. The molecule has 0 aromatic carbocycles. The Bertz CT molecular complexity index is 346. The molecule has 0 aliphatic rings. The van der Waals surface area contributed by atoms with Crippen LogP contribution in [0, 0.1) is 0 Å². The summed E-state index contributed by atoms with van der Waals surface area (Å²) >= 11 is 0. The molecule has 0 saturated carbocycles. The molecule has 1 N–H and O–H groups in total. The van der Waals surface area contributed by atoms with Crippen LogP contribution >= 0.6 is 0 Å². The Hall–Kier alpha value is -0.610. The van der Waals surface area contributed by atoms with Crippen molar-refractivity contribution in [3.8, 4) is 0 Å². The van der Waals surface area contributed by atoms with Gasteiger partial charge in [-0.15, -0.1) is 0 Å². The number of aliphatic hydroxyl groups excluding tert-OH is 1. The fourth-order valence-corrected chi connectivity index (χ4v) is 3.68. The van der Waals surface area contributed by atoms with Gasteiger partial charge in [-0.05, 0) is 12.8 Å². The maximum atomic E-state index is 11.9. The maximum absolute atomic E-state index is 11.9. The average Bonchev–Trinajstić information content (AvgIpc) is 2.75. The highest BCUT2D eigenvalue weighted by Gasteiger charge is 2.13. The van der Waals surface area contributed by atoms with Crippen LogP contribution in [0.5, 0.6) is 0 Å². The fourth-order valence-electron chi connectivity index (χ4n) is 3.68. The van der Waals surface area contributed by atoms with Crippen molar-refractivity contribution < 1.29 is 19.4 Å². The number of carbonyl (C=O) groups excluding carboxylic acids is 1. The van der Waals surface area contributed by atoms with Gasteiger partial charge in [-0.1, -0.05) is 117 Å². The maximum Gasteiger partial charge on any atom is 0.306 e. The summed E-state index contributed by atoms with van der Waals surface area (Å²) in [7, 11) is 0. The van der Waals surface area contributed by atoms with Crippen LogP contribution in [-0.2, 0) is 14.3 Å². The van der Waals surface area contributed by atoms with Crippen LogP contribution in [0.3, 0.4) is 0 Å². The van der Waals surface area contributed by atoms with Gasteiger partial charge in [0.1, 0.15) is 6.10 Å². The van der Waals surface area contributed by atoms with Crippen molar-refractivity contribution >= 4 is 5.97 Å². The highest BCUT2D eigenvalue weighted by Crippen LogP contribution is 2.12. The molecule has 30 heavy (non-hydrogen) atoms. The van der Waals surface area contributed by atoms with Gasteiger partial charge in [-0.3, -0.25) is 4.79 Å². The second-order valence-corrected chi connectivity index (χ2v) is 8.78. The minimum Gasteiger partial charge on any atom is -0.457 e. The van der Waals surface area contributed by atoms with Crippen LogP contribution in [0.2, 0.25) is 0 Å². The van der Waals surface area contributed by atoms with Gasteiger partial charge in [0, 0.05) is 13.0 Å². The van der Waals surface area contributed by atoms with Gasteiger partial charge < -0.3 is 14.6 Å². The largest absolute Gasteiger partial charge is 0.457 e.